The molecule has 2 aromatic rings. The second-order valence-electron chi connectivity index (χ2n) is 10.9. The number of hydrogen-bond donors (Lipinski definition) is 2. The summed E-state index contributed by atoms with van der Waals surface area (Å²) >= 11 is 0. The van der Waals surface area contributed by atoms with Gasteiger partial charge in [-0.25, -0.2) is 9.78 Å². The molecule has 2 N–H and O–H groups in total. The molecule has 0 radical (unpaired) electrons. The lowest BCUT2D eigenvalue weighted by atomic mass is 9.63. The number of ether oxygens (including phenoxy) is 1. The molecule has 1 aliphatic carbocycles. The molecule has 1 saturated carbocycles. The monoisotopic (exact) mass is 537 g/mol. The minimum Gasteiger partial charge on any atom is -0.466 e. The molecule has 2 heterocycles. The quantitative estimate of drug-likeness (QED) is 0.435. The Morgan fingerprint density at radius 3 is 2.51 bits per heavy atom. The molecule has 39 heavy (non-hydrogen) atoms. The molecule has 9 heteroatoms. The lowest BCUT2D eigenvalue weighted by molar-refractivity contribution is -0.166. The van der Waals surface area contributed by atoms with Crippen molar-refractivity contribution in [3.63, 3.8) is 0 Å². The van der Waals surface area contributed by atoms with E-state index in [9.17, 15) is 14.4 Å². The molecule has 3 amide bonds. The topological polar surface area (TPSA) is 106 Å². The summed E-state index contributed by atoms with van der Waals surface area (Å²) < 4.78 is 7.48. The van der Waals surface area contributed by atoms with Crippen LogP contribution in [0.4, 0.5) is 10.5 Å². The molecule has 2 fully saturated rings. The van der Waals surface area contributed by atoms with Gasteiger partial charge >= 0.3 is 12.0 Å². The lowest BCUT2D eigenvalue weighted by Crippen LogP contribution is -2.51. The van der Waals surface area contributed by atoms with E-state index >= 15 is 0 Å². The van der Waals surface area contributed by atoms with Crippen LogP contribution in [0.15, 0.2) is 36.8 Å². The van der Waals surface area contributed by atoms with Crippen molar-refractivity contribution in [2.75, 3.05) is 31.6 Å². The summed E-state index contributed by atoms with van der Waals surface area (Å²) in [5, 5.41) is 5.82. The summed E-state index contributed by atoms with van der Waals surface area (Å²) in [6, 6.07) is 7.33. The molecule has 0 atom stereocenters. The van der Waals surface area contributed by atoms with Gasteiger partial charge in [0.2, 0.25) is 5.91 Å². The predicted molar refractivity (Wildman–Crippen MR) is 150 cm³/mol. The van der Waals surface area contributed by atoms with Crippen LogP contribution < -0.4 is 10.6 Å². The Balaban J connectivity index is 1.28. The van der Waals surface area contributed by atoms with E-state index in [-0.39, 0.29) is 17.9 Å². The van der Waals surface area contributed by atoms with Crippen molar-refractivity contribution >= 4 is 23.6 Å². The van der Waals surface area contributed by atoms with Crippen LogP contribution in [-0.4, -0.2) is 58.6 Å². The van der Waals surface area contributed by atoms with Crippen molar-refractivity contribution in [3.8, 4) is 0 Å². The van der Waals surface area contributed by atoms with Crippen LogP contribution in [0.5, 0.6) is 0 Å². The fourth-order valence-electron chi connectivity index (χ4n) is 6.22. The van der Waals surface area contributed by atoms with Crippen LogP contribution in [-0.2, 0) is 34.2 Å². The first kappa shape index (κ1) is 28.6. The Morgan fingerprint density at radius 1 is 1.08 bits per heavy atom. The molecule has 1 aliphatic heterocycles. The van der Waals surface area contributed by atoms with Crippen molar-refractivity contribution < 1.29 is 19.1 Å². The van der Waals surface area contributed by atoms with Crippen LogP contribution >= 0.6 is 0 Å². The SMILES string of the molecule is CCOC(=O)C1(C2CCCCC2)CCN(C(=O)CCc2ccccc2NC(=O)NCCc2cncn2C)CC1. The summed E-state index contributed by atoms with van der Waals surface area (Å²) in [7, 11) is 1.93. The maximum Gasteiger partial charge on any atom is 0.319 e. The van der Waals surface area contributed by atoms with E-state index in [0.29, 0.717) is 70.0 Å². The van der Waals surface area contributed by atoms with Crippen molar-refractivity contribution in [1.29, 1.82) is 0 Å². The van der Waals surface area contributed by atoms with Crippen molar-refractivity contribution in [2.45, 2.75) is 71.1 Å². The molecular formula is C30H43N5O4. The molecule has 1 aromatic heterocycles. The first-order valence-corrected chi connectivity index (χ1v) is 14.5. The van der Waals surface area contributed by atoms with Gasteiger partial charge in [0.25, 0.3) is 0 Å². The van der Waals surface area contributed by atoms with Gasteiger partial charge in [-0.1, -0.05) is 37.5 Å². The predicted octanol–water partition coefficient (Wildman–Crippen LogP) is 4.47. The largest absolute Gasteiger partial charge is 0.466 e. The Labute approximate surface area is 231 Å². The van der Waals surface area contributed by atoms with Crippen LogP contribution in [0.2, 0.25) is 0 Å². The minimum absolute atomic E-state index is 0.0670. The molecule has 212 valence electrons. The van der Waals surface area contributed by atoms with E-state index in [4.69, 9.17) is 4.74 Å². The average Bonchev–Trinajstić information content (AvgIpc) is 3.37. The molecule has 2 aliphatic rings. The van der Waals surface area contributed by atoms with E-state index in [0.717, 1.165) is 24.1 Å². The highest BCUT2D eigenvalue weighted by atomic mass is 16.5. The van der Waals surface area contributed by atoms with Gasteiger partial charge < -0.3 is 24.8 Å². The Kier molecular flexibility index (Phi) is 10.0. The second kappa shape index (κ2) is 13.6. The van der Waals surface area contributed by atoms with Crippen LogP contribution in [0.3, 0.4) is 0 Å². The van der Waals surface area contributed by atoms with Gasteiger partial charge in [0.15, 0.2) is 0 Å². The number of benzene rings is 1. The number of anilines is 1. The Morgan fingerprint density at radius 2 is 1.82 bits per heavy atom. The van der Waals surface area contributed by atoms with Gasteiger partial charge in [0.1, 0.15) is 0 Å². The number of para-hydroxylation sites is 1. The third-order valence-corrected chi connectivity index (χ3v) is 8.53. The molecular weight excluding hydrogens is 494 g/mol. The lowest BCUT2D eigenvalue weighted by Gasteiger charge is -2.46. The van der Waals surface area contributed by atoms with Gasteiger partial charge in [-0.2, -0.15) is 0 Å². The number of aromatic nitrogens is 2. The molecule has 9 nitrogen and oxygen atoms in total. The first-order chi connectivity index (χ1) is 18.9. The standard InChI is InChI=1S/C30H43N5O4/c1-3-39-28(37)30(24-10-5-4-6-11-24)16-19-35(20-17-30)27(36)14-13-23-9-7-8-12-26(23)33-29(38)32-18-15-25-21-31-22-34(25)2/h7-9,12,21-22,24H,3-6,10-11,13-20H2,1-2H3,(H2,32,33,38). The highest BCUT2D eigenvalue weighted by Gasteiger charge is 2.49. The van der Waals surface area contributed by atoms with Gasteiger partial charge in [0, 0.05) is 57.1 Å². The smallest absolute Gasteiger partial charge is 0.319 e. The molecule has 0 spiro atoms. The number of hydrogen-bond acceptors (Lipinski definition) is 5. The number of nitrogens with zero attached hydrogens (tertiary/aromatic N) is 3. The number of rotatable bonds is 10. The number of carbonyl (C=O) groups excluding carboxylic acids is 3. The zero-order chi connectivity index (χ0) is 27.7. The number of piperidine rings is 1. The maximum atomic E-state index is 13.2. The van der Waals surface area contributed by atoms with E-state index in [2.05, 4.69) is 15.6 Å². The van der Waals surface area contributed by atoms with Gasteiger partial charge in [-0.05, 0) is 56.6 Å². The summed E-state index contributed by atoms with van der Waals surface area (Å²) in [4.78, 5) is 44.8. The number of amides is 3. The molecule has 4 rings (SSSR count). The Hall–Kier alpha value is -3.36. The normalized spacial score (nSPS) is 17.4. The van der Waals surface area contributed by atoms with Gasteiger partial charge in [-0.15, -0.1) is 0 Å². The van der Waals surface area contributed by atoms with E-state index in [1.165, 1.54) is 19.3 Å². The van der Waals surface area contributed by atoms with Gasteiger partial charge in [0.05, 0.1) is 18.3 Å². The number of likely N-dealkylation sites (tertiary alicyclic amines) is 1. The zero-order valence-corrected chi connectivity index (χ0v) is 23.4. The molecule has 0 bridgehead atoms. The number of imidazole rings is 1. The number of esters is 1. The first-order valence-electron chi connectivity index (χ1n) is 14.5. The fourth-order valence-corrected chi connectivity index (χ4v) is 6.22. The number of nitrogens with one attached hydrogen (secondary N) is 2. The number of aryl methyl sites for hydroxylation is 2. The van der Waals surface area contributed by atoms with Crippen LogP contribution in [0, 0.1) is 11.3 Å². The van der Waals surface area contributed by atoms with E-state index < -0.39 is 5.41 Å². The highest BCUT2D eigenvalue weighted by molar-refractivity contribution is 5.90. The van der Waals surface area contributed by atoms with E-state index in [1.54, 1.807) is 12.5 Å². The minimum atomic E-state index is -0.451. The Bertz CT molecular complexity index is 1120. The number of carbonyl (C=O) groups is 3. The molecule has 1 aromatic carbocycles. The fraction of sp³-hybridized carbons (Fsp3) is 0.600. The summed E-state index contributed by atoms with van der Waals surface area (Å²) in [5.74, 6) is 0.380. The molecule has 0 unspecified atom stereocenters. The van der Waals surface area contributed by atoms with Crippen LogP contribution in [0.25, 0.3) is 0 Å². The summed E-state index contributed by atoms with van der Waals surface area (Å²) in [5.41, 5.74) is 2.23. The van der Waals surface area contributed by atoms with Crippen LogP contribution in [0.1, 0.15) is 69.5 Å². The van der Waals surface area contributed by atoms with Crippen molar-refractivity contribution in [3.05, 3.63) is 48.0 Å². The van der Waals surface area contributed by atoms with Crippen molar-refractivity contribution in [2.24, 2.45) is 18.4 Å². The average molecular weight is 538 g/mol. The van der Waals surface area contributed by atoms with Crippen molar-refractivity contribution in [1.82, 2.24) is 19.8 Å². The third kappa shape index (κ3) is 7.19. The number of urea groups is 1. The van der Waals surface area contributed by atoms with Gasteiger partial charge in [-0.3, -0.25) is 9.59 Å². The summed E-state index contributed by atoms with van der Waals surface area (Å²) in [6.07, 6.45) is 12.2. The highest BCUT2D eigenvalue weighted by Crippen LogP contribution is 2.47. The zero-order valence-electron chi connectivity index (χ0n) is 23.4. The van der Waals surface area contributed by atoms with E-state index in [1.807, 2.05) is 47.7 Å². The third-order valence-electron chi connectivity index (χ3n) is 8.53. The molecule has 1 saturated heterocycles. The summed E-state index contributed by atoms with van der Waals surface area (Å²) in [6.45, 7) is 3.94. The maximum absolute atomic E-state index is 13.2. The second-order valence-corrected chi connectivity index (χ2v) is 10.9.